The molecule has 0 unspecified atom stereocenters. The third kappa shape index (κ3) is 1.90. The number of hydrogen-bond acceptors (Lipinski definition) is 7. The molecule has 0 spiro atoms. The first-order valence-corrected chi connectivity index (χ1v) is 7.95. The Balaban J connectivity index is 1.63. The van der Waals surface area contributed by atoms with Crippen molar-refractivity contribution in [1.29, 1.82) is 0 Å². The predicted molar refractivity (Wildman–Crippen MR) is 87.8 cm³/mol. The molecule has 0 radical (unpaired) electrons. The van der Waals surface area contributed by atoms with E-state index in [0.717, 1.165) is 11.0 Å². The maximum atomic E-state index is 12.5. The summed E-state index contributed by atoms with van der Waals surface area (Å²) < 4.78 is 12.8. The van der Waals surface area contributed by atoms with E-state index in [0.29, 0.717) is 10.7 Å². The van der Waals surface area contributed by atoms with E-state index in [9.17, 15) is 4.79 Å². The van der Waals surface area contributed by atoms with E-state index in [2.05, 4.69) is 15.2 Å². The van der Waals surface area contributed by atoms with Crippen LogP contribution in [0.5, 0.6) is 0 Å². The number of para-hydroxylation sites is 1. The molecule has 5 rings (SSSR count). The molecule has 0 saturated heterocycles. The van der Waals surface area contributed by atoms with Gasteiger partial charge in [0, 0.05) is 23.2 Å². The molecule has 8 heteroatoms. The SMILES string of the molecule is O=c1c(-c2nnc(-c3cc4ccccc4o3)o2)cnc2sccn12. The van der Waals surface area contributed by atoms with Gasteiger partial charge in [-0.15, -0.1) is 21.5 Å². The molecule has 4 aromatic heterocycles. The monoisotopic (exact) mass is 336 g/mol. The zero-order valence-corrected chi connectivity index (χ0v) is 12.9. The predicted octanol–water partition coefficient (Wildman–Crippen LogP) is 3.22. The molecule has 0 saturated carbocycles. The molecule has 24 heavy (non-hydrogen) atoms. The summed E-state index contributed by atoms with van der Waals surface area (Å²) in [6.07, 6.45) is 3.11. The molecule has 116 valence electrons. The highest BCUT2D eigenvalue weighted by Gasteiger charge is 2.18. The van der Waals surface area contributed by atoms with Crippen LogP contribution < -0.4 is 5.56 Å². The summed E-state index contributed by atoms with van der Waals surface area (Å²) in [7, 11) is 0. The molecule has 0 bridgehead atoms. The van der Waals surface area contributed by atoms with Gasteiger partial charge >= 0.3 is 0 Å². The van der Waals surface area contributed by atoms with Crippen molar-refractivity contribution in [3.05, 3.63) is 58.5 Å². The Morgan fingerprint density at radius 1 is 1.08 bits per heavy atom. The van der Waals surface area contributed by atoms with Crippen LogP contribution in [0.1, 0.15) is 0 Å². The Labute approximate surface area is 137 Å². The first-order valence-electron chi connectivity index (χ1n) is 7.07. The van der Waals surface area contributed by atoms with Crippen LogP contribution in [0, 0.1) is 0 Å². The van der Waals surface area contributed by atoms with Gasteiger partial charge in [0.1, 0.15) is 11.1 Å². The van der Waals surface area contributed by atoms with Crippen LogP contribution in [0.4, 0.5) is 0 Å². The number of aromatic nitrogens is 4. The number of furan rings is 1. The molecule has 0 amide bonds. The van der Waals surface area contributed by atoms with Crippen molar-refractivity contribution in [2.24, 2.45) is 0 Å². The van der Waals surface area contributed by atoms with E-state index in [1.165, 1.54) is 21.9 Å². The minimum absolute atomic E-state index is 0.114. The molecule has 0 fully saturated rings. The Hall–Kier alpha value is -3.26. The highest BCUT2D eigenvalue weighted by Crippen LogP contribution is 2.28. The molecule has 7 nitrogen and oxygen atoms in total. The van der Waals surface area contributed by atoms with Crippen LogP contribution in [0.15, 0.2) is 61.7 Å². The van der Waals surface area contributed by atoms with Gasteiger partial charge in [-0.2, -0.15) is 0 Å². The third-order valence-electron chi connectivity index (χ3n) is 3.63. The summed E-state index contributed by atoms with van der Waals surface area (Å²) in [5.41, 5.74) is 0.732. The molecular weight excluding hydrogens is 328 g/mol. The second-order valence-corrected chi connectivity index (χ2v) is 5.97. The fraction of sp³-hybridized carbons (Fsp3) is 0. The maximum absolute atomic E-state index is 12.5. The van der Waals surface area contributed by atoms with Crippen molar-refractivity contribution in [3.8, 4) is 23.1 Å². The first kappa shape index (κ1) is 13.2. The van der Waals surface area contributed by atoms with E-state index >= 15 is 0 Å². The van der Waals surface area contributed by atoms with Gasteiger partial charge < -0.3 is 8.83 Å². The molecule has 0 aliphatic carbocycles. The lowest BCUT2D eigenvalue weighted by atomic mass is 10.2. The van der Waals surface area contributed by atoms with E-state index in [1.807, 2.05) is 30.3 Å². The van der Waals surface area contributed by atoms with E-state index < -0.39 is 0 Å². The summed E-state index contributed by atoms with van der Waals surface area (Å²) in [6.45, 7) is 0. The summed E-state index contributed by atoms with van der Waals surface area (Å²) in [5.74, 6) is 0.791. The van der Waals surface area contributed by atoms with Crippen molar-refractivity contribution in [2.75, 3.05) is 0 Å². The molecule has 5 aromatic rings. The van der Waals surface area contributed by atoms with Crippen molar-refractivity contribution in [2.45, 2.75) is 0 Å². The minimum atomic E-state index is -0.249. The number of thiazole rings is 1. The number of benzene rings is 1. The Morgan fingerprint density at radius 3 is 2.88 bits per heavy atom. The van der Waals surface area contributed by atoms with Crippen molar-refractivity contribution in [1.82, 2.24) is 19.6 Å². The fourth-order valence-corrected chi connectivity index (χ4v) is 3.17. The van der Waals surface area contributed by atoms with Crippen molar-refractivity contribution >= 4 is 27.3 Å². The molecular formula is C16H8N4O3S. The van der Waals surface area contributed by atoms with Gasteiger partial charge in [0.2, 0.25) is 0 Å². The molecule has 0 atom stereocenters. The third-order valence-corrected chi connectivity index (χ3v) is 4.41. The molecule has 0 N–H and O–H groups in total. The normalized spacial score (nSPS) is 11.5. The number of rotatable bonds is 2. The Kier molecular flexibility index (Phi) is 2.68. The van der Waals surface area contributed by atoms with E-state index in [4.69, 9.17) is 8.83 Å². The molecule has 1 aromatic carbocycles. The second kappa shape index (κ2) is 4.87. The van der Waals surface area contributed by atoms with Gasteiger partial charge in [-0.25, -0.2) is 4.98 Å². The molecule has 0 aliphatic rings. The highest BCUT2D eigenvalue weighted by molar-refractivity contribution is 7.15. The van der Waals surface area contributed by atoms with Gasteiger partial charge in [-0.3, -0.25) is 9.20 Å². The largest absolute Gasteiger partial charge is 0.451 e. The van der Waals surface area contributed by atoms with Crippen molar-refractivity contribution in [3.63, 3.8) is 0 Å². The van der Waals surface area contributed by atoms with Gasteiger partial charge in [-0.05, 0) is 12.1 Å². The molecule has 4 heterocycles. The van der Waals surface area contributed by atoms with Crippen LogP contribution in [-0.4, -0.2) is 19.6 Å². The van der Waals surface area contributed by atoms with E-state index in [-0.39, 0.29) is 22.9 Å². The summed E-state index contributed by atoms with van der Waals surface area (Å²) in [6, 6.07) is 9.41. The molecule has 0 aliphatic heterocycles. The standard InChI is InChI=1S/C16H8N4O3S/c21-15-10(8-17-16-20(15)5-6-24-16)13-18-19-14(23-13)12-7-9-3-1-2-4-11(9)22-12/h1-8H. The Morgan fingerprint density at radius 2 is 1.96 bits per heavy atom. The van der Waals surface area contributed by atoms with Crippen LogP contribution >= 0.6 is 11.3 Å². The summed E-state index contributed by atoms with van der Waals surface area (Å²) in [5, 5.41) is 10.7. The van der Waals surface area contributed by atoms with Gasteiger partial charge in [0.15, 0.2) is 10.7 Å². The topological polar surface area (TPSA) is 86.4 Å². The van der Waals surface area contributed by atoms with Gasteiger partial charge in [0.25, 0.3) is 17.3 Å². The minimum Gasteiger partial charge on any atom is -0.451 e. The Bertz CT molecular complexity index is 1210. The average molecular weight is 336 g/mol. The summed E-state index contributed by atoms with van der Waals surface area (Å²) >= 11 is 1.38. The fourth-order valence-electron chi connectivity index (χ4n) is 2.49. The highest BCUT2D eigenvalue weighted by atomic mass is 32.1. The van der Waals surface area contributed by atoms with Crippen LogP contribution in [0.3, 0.4) is 0 Å². The average Bonchev–Trinajstić information content (AvgIpc) is 3.33. The number of nitrogens with zero attached hydrogens (tertiary/aromatic N) is 4. The lowest BCUT2D eigenvalue weighted by Crippen LogP contribution is -2.14. The zero-order valence-electron chi connectivity index (χ0n) is 12.0. The summed E-state index contributed by atoms with van der Waals surface area (Å²) in [4.78, 5) is 17.3. The number of fused-ring (bicyclic) bond motifs is 2. The lowest BCUT2D eigenvalue weighted by molar-refractivity contribution is 0.541. The van der Waals surface area contributed by atoms with Gasteiger partial charge in [-0.1, -0.05) is 18.2 Å². The van der Waals surface area contributed by atoms with Crippen molar-refractivity contribution < 1.29 is 8.83 Å². The lowest BCUT2D eigenvalue weighted by Gasteiger charge is -1.95. The zero-order chi connectivity index (χ0) is 16.1. The van der Waals surface area contributed by atoms with Gasteiger partial charge in [0.05, 0.1) is 0 Å². The second-order valence-electron chi connectivity index (χ2n) is 5.09. The number of hydrogen-bond donors (Lipinski definition) is 0. The van der Waals surface area contributed by atoms with Crippen LogP contribution in [0.25, 0.3) is 39.0 Å². The smallest absolute Gasteiger partial charge is 0.283 e. The van der Waals surface area contributed by atoms with Crippen LogP contribution in [0.2, 0.25) is 0 Å². The quantitative estimate of drug-likeness (QED) is 0.492. The first-order chi connectivity index (χ1) is 11.8. The van der Waals surface area contributed by atoms with E-state index in [1.54, 1.807) is 11.6 Å². The van der Waals surface area contributed by atoms with Crippen LogP contribution in [-0.2, 0) is 0 Å². The maximum Gasteiger partial charge on any atom is 0.283 e.